The van der Waals surface area contributed by atoms with Crippen LogP contribution < -0.4 is 41.3 Å². The van der Waals surface area contributed by atoms with E-state index in [9.17, 15) is 32.2 Å². The third-order valence-electron chi connectivity index (χ3n) is 14.3. The van der Waals surface area contributed by atoms with Gasteiger partial charge < -0.3 is 41.3 Å². The monoisotopic (exact) mass is 1160 g/mol. The van der Waals surface area contributed by atoms with Crippen molar-refractivity contribution in [3.05, 3.63) is 129 Å². The van der Waals surface area contributed by atoms with Crippen LogP contribution in [0.3, 0.4) is 0 Å². The van der Waals surface area contributed by atoms with Gasteiger partial charge in [0.1, 0.15) is 34.6 Å². The van der Waals surface area contributed by atoms with Gasteiger partial charge in [-0.15, -0.1) is 0 Å². The fourth-order valence-corrected chi connectivity index (χ4v) is 10.3. The van der Waals surface area contributed by atoms with Crippen molar-refractivity contribution in [3.63, 3.8) is 0 Å². The summed E-state index contributed by atoms with van der Waals surface area (Å²) in [6.07, 6.45) is 1.36. The molecule has 6 amide bonds. The van der Waals surface area contributed by atoms with E-state index in [1.165, 1.54) is 51.1 Å². The predicted molar refractivity (Wildman–Crippen MR) is 313 cm³/mol. The quantitative estimate of drug-likeness (QED) is 0.0578. The first-order chi connectivity index (χ1) is 39.7. The van der Waals surface area contributed by atoms with Gasteiger partial charge in [-0.05, 0) is 114 Å². The lowest BCUT2D eigenvalue weighted by molar-refractivity contribution is 0.0934. The van der Waals surface area contributed by atoms with Gasteiger partial charge in [0, 0.05) is 104 Å². The third-order valence-corrected chi connectivity index (χ3v) is 15.0. The van der Waals surface area contributed by atoms with Gasteiger partial charge in [0.05, 0.1) is 35.3 Å². The molecular formula is C59H70F4N14O5S. The number of hydrogen-bond donors (Lipinski definition) is 5. The van der Waals surface area contributed by atoms with Crippen molar-refractivity contribution in [2.45, 2.75) is 85.7 Å². The topological polar surface area (TPSA) is 213 Å². The van der Waals surface area contributed by atoms with E-state index in [4.69, 9.17) is 9.97 Å². The zero-order valence-electron chi connectivity index (χ0n) is 48.1. The second-order valence-corrected chi connectivity index (χ2v) is 22.1. The maximum absolute atomic E-state index is 15.0. The van der Waals surface area contributed by atoms with Crippen molar-refractivity contribution in [2.24, 2.45) is 0 Å². The number of aromatic nitrogens is 4. The summed E-state index contributed by atoms with van der Waals surface area (Å²) in [6, 6.07) is 15.5. The van der Waals surface area contributed by atoms with E-state index < -0.39 is 57.5 Å². The Labute approximate surface area is 483 Å². The third kappa shape index (κ3) is 13.9. The number of benzene rings is 4. The lowest BCUT2D eigenvalue weighted by atomic mass is 9.97. The average molecular weight is 1160 g/mol. The van der Waals surface area contributed by atoms with Gasteiger partial charge in [0.15, 0.2) is 11.6 Å². The molecule has 2 fully saturated rings. The summed E-state index contributed by atoms with van der Waals surface area (Å²) >= 11 is 0. The lowest BCUT2D eigenvalue weighted by Gasteiger charge is -2.36. The molecule has 2 saturated heterocycles. The minimum Gasteiger partial charge on any atom is -0.350 e. The summed E-state index contributed by atoms with van der Waals surface area (Å²) in [5.41, 5.74) is 4.21. The molecule has 1 atom stereocenters. The summed E-state index contributed by atoms with van der Waals surface area (Å²) in [5.74, 6) is -3.81. The molecule has 0 saturated carbocycles. The van der Waals surface area contributed by atoms with Crippen LogP contribution in [0.25, 0.3) is 22.5 Å². The molecule has 83 heavy (non-hydrogen) atoms. The molecule has 1 unspecified atom stereocenters. The summed E-state index contributed by atoms with van der Waals surface area (Å²) in [6.45, 7) is 25.4. The predicted octanol–water partition coefficient (Wildman–Crippen LogP) is 8.25. The number of rotatable bonds is 12. The number of halogens is 4. The van der Waals surface area contributed by atoms with Crippen molar-refractivity contribution in [3.8, 4) is 22.5 Å². The molecule has 6 aromatic rings. The summed E-state index contributed by atoms with van der Waals surface area (Å²) in [7, 11) is -1.68. The summed E-state index contributed by atoms with van der Waals surface area (Å²) in [5, 5.41) is 14.2. The number of amides is 6. The number of aryl methyl sites for hydroxylation is 2. The fraction of sp³-hybridized carbons (Fsp3) is 0.390. The molecule has 0 spiro atoms. The summed E-state index contributed by atoms with van der Waals surface area (Å²) in [4.78, 5) is 78.4. The normalized spacial score (nSPS) is 15.7. The smallest absolute Gasteiger partial charge is 0.328 e. The van der Waals surface area contributed by atoms with Crippen LogP contribution in [0.5, 0.6) is 0 Å². The van der Waals surface area contributed by atoms with E-state index in [-0.39, 0.29) is 53.8 Å². The van der Waals surface area contributed by atoms with Gasteiger partial charge >= 0.3 is 12.1 Å². The number of likely N-dealkylation sites (N-methyl/N-ethyl adjacent to an activating group) is 2. The van der Waals surface area contributed by atoms with Crippen LogP contribution in [-0.4, -0.2) is 142 Å². The first-order valence-electron chi connectivity index (χ1n) is 27.6. The fourth-order valence-electron chi connectivity index (χ4n) is 9.84. The van der Waals surface area contributed by atoms with Crippen LogP contribution in [0.1, 0.15) is 84.5 Å². The van der Waals surface area contributed by atoms with E-state index in [1.54, 1.807) is 30.3 Å². The number of urea groups is 2. The number of hydrogen-bond acceptors (Lipinski definition) is 13. The van der Waals surface area contributed by atoms with Crippen molar-refractivity contribution in [2.75, 3.05) is 86.4 Å². The maximum atomic E-state index is 15.0. The highest BCUT2D eigenvalue weighted by Gasteiger charge is 2.37. The highest BCUT2D eigenvalue weighted by molar-refractivity contribution is 7.84. The van der Waals surface area contributed by atoms with Gasteiger partial charge in [-0.3, -0.25) is 13.8 Å². The van der Waals surface area contributed by atoms with Gasteiger partial charge in [-0.2, -0.15) is 4.98 Å². The van der Waals surface area contributed by atoms with Crippen LogP contribution in [0.15, 0.2) is 78.0 Å². The maximum Gasteiger partial charge on any atom is 0.328 e. The van der Waals surface area contributed by atoms with Crippen LogP contribution >= 0.6 is 0 Å². The van der Waals surface area contributed by atoms with Crippen LogP contribution in [0.2, 0.25) is 0 Å². The molecule has 4 aliphatic heterocycles. The Morgan fingerprint density at radius 2 is 1.02 bits per heavy atom. The van der Waals surface area contributed by atoms with Gasteiger partial charge in [-0.25, -0.2) is 51.9 Å². The molecule has 4 aromatic carbocycles. The van der Waals surface area contributed by atoms with Crippen LogP contribution in [0.4, 0.5) is 56.1 Å². The molecule has 0 aliphatic carbocycles. The van der Waals surface area contributed by atoms with Gasteiger partial charge in [0.25, 0.3) is 11.8 Å². The molecule has 6 heterocycles. The number of carbonyl (C=O) groups excluding carboxylic acids is 4. The molecule has 10 rings (SSSR count). The standard InChI is InChI=1S/C29H33F2N7O2.C24H23F2N5O3S.C6H14N2/c1-5-36-11-13-37(14-12-36)28-34-24(20-15-19(10-9-18(20)4)27(39)33-17(2)3)21-16-32-29(40)38(26(21)35-28)25-22(30)7-6-8-23(25)31;1-12(2)28-22(32)14-9-8-13(3)15(10-14)19-16-11-27-24(33)31(20-17(25)6-5-7-18(20)26)21(16)30-23(29-19)35(4)34;1-2-8-5-3-7-4-6-8/h6-10,15,17H,5,11-14,16H2,1-4H3,(H,32,40)(H,33,39);5-10,12H,11H2,1-4H3,(H,27,33)(H,28,32);7H,2-6H2,1H3. The number of nitrogens with zero attached hydrogens (tertiary/aromatic N) is 9. The van der Waals surface area contributed by atoms with Crippen molar-refractivity contribution in [1.29, 1.82) is 0 Å². The summed E-state index contributed by atoms with van der Waals surface area (Å²) < 4.78 is 71.8. The van der Waals surface area contributed by atoms with E-state index in [0.29, 0.717) is 63.8 Å². The second-order valence-electron chi connectivity index (χ2n) is 20.8. The number of para-hydroxylation sites is 2. The minimum atomic E-state index is -1.68. The Morgan fingerprint density at radius 1 is 0.602 bits per heavy atom. The van der Waals surface area contributed by atoms with Gasteiger partial charge in [-0.1, -0.05) is 38.1 Å². The first-order valence-corrected chi connectivity index (χ1v) is 29.2. The van der Waals surface area contributed by atoms with Crippen LogP contribution in [0, 0.1) is 37.1 Å². The Morgan fingerprint density at radius 3 is 1.43 bits per heavy atom. The van der Waals surface area contributed by atoms with Crippen molar-refractivity contribution < 1.29 is 40.9 Å². The first kappa shape index (κ1) is 61.1. The zero-order chi connectivity index (χ0) is 59.8. The molecule has 440 valence electrons. The average Bonchev–Trinajstić information content (AvgIpc) is 2.74. The molecule has 2 aromatic heterocycles. The Bertz CT molecular complexity index is 3390. The van der Waals surface area contributed by atoms with Gasteiger partial charge in [0.2, 0.25) is 11.1 Å². The zero-order valence-corrected chi connectivity index (χ0v) is 48.9. The van der Waals surface area contributed by atoms with E-state index >= 15 is 8.78 Å². The van der Waals surface area contributed by atoms with E-state index in [0.717, 1.165) is 64.8 Å². The lowest BCUT2D eigenvalue weighted by Crippen LogP contribution is -2.47. The van der Waals surface area contributed by atoms with Crippen LogP contribution in [-0.2, 0) is 23.9 Å². The van der Waals surface area contributed by atoms with E-state index in [1.807, 2.05) is 52.5 Å². The molecule has 0 radical (unpaired) electrons. The molecule has 0 bridgehead atoms. The highest BCUT2D eigenvalue weighted by Crippen LogP contribution is 2.41. The molecule has 24 heteroatoms. The second kappa shape index (κ2) is 27.0. The number of nitrogens with one attached hydrogen (secondary N) is 5. The van der Waals surface area contributed by atoms with Crippen molar-refractivity contribution in [1.82, 2.24) is 56.3 Å². The Kier molecular flexibility index (Phi) is 19.9. The minimum absolute atomic E-state index is 0.0332. The Hall–Kier alpha value is -7.93. The SMILES string of the molecule is CCN1CCN(c2nc(-c3cc(C(=O)NC(C)C)ccc3C)c3c(n2)N(c2c(F)cccc2F)C(=O)NC3)CC1.CCN1CCNCC1.Cc1ccc(C(=O)NC(C)C)cc1-c1nc(S(C)=O)nc2c1CNC(=O)N2c1c(F)cccc1F. The van der Waals surface area contributed by atoms with E-state index in [2.05, 4.69) is 60.2 Å². The number of piperazine rings is 2. The molecule has 19 nitrogen and oxygen atoms in total. The molecular weight excluding hydrogens is 1090 g/mol. The highest BCUT2D eigenvalue weighted by atomic mass is 32.2. The number of carbonyl (C=O) groups is 4. The van der Waals surface area contributed by atoms with Crippen molar-refractivity contribution >= 4 is 63.6 Å². The molecule has 4 aliphatic rings. The largest absolute Gasteiger partial charge is 0.350 e. The number of fused-ring (bicyclic) bond motifs is 2. The molecule has 5 N–H and O–H groups in total. The number of anilines is 5. The Balaban J connectivity index is 0.000000192.